The first kappa shape index (κ1) is 17.0. The number of aryl methyl sites for hydroxylation is 1. The molecule has 4 rings (SSSR count). The Morgan fingerprint density at radius 1 is 1.07 bits per heavy atom. The zero-order valence-electron chi connectivity index (χ0n) is 15.0. The number of carbonyl (C=O) groups is 1. The lowest BCUT2D eigenvalue weighted by atomic mass is 9.91. The summed E-state index contributed by atoms with van der Waals surface area (Å²) in [6.07, 6.45) is 3.63. The molecule has 5 nitrogen and oxygen atoms in total. The second-order valence-corrected chi connectivity index (χ2v) is 6.45. The van der Waals surface area contributed by atoms with Gasteiger partial charge in [0, 0.05) is 35.8 Å². The Balaban J connectivity index is 1.64. The molecule has 5 heteroatoms. The number of hydrogen-bond donors (Lipinski definition) is 2. The summed E-state index contributed by atoms with van der Waals surface area (Å²) in [4.78, 5) is 24.1. The second-order valence-electron chi connectivity index (χ2n) is 6.45. The zero-order chi connectivity index (χ0) is 18.6. The van der Waals surface area contributed by atoms with Gasteiger partial charge in [-0.05, 0) is 30.2 Å². The molecule has 27 heavy (non-hydrogen) atoms. The quantitative estimate of drug-likeness (QED) is 0.571. The van der Waals surface area contributed by atoms with Crippen LogP contribution in [0.25, 0.3) is 10.9 Å². The Hall–Kier alpha value is -3.47. The van der Waals surface area contributed by atoms with Gasteiger partial charge in [0.15, 0.2) is 0 Å². The van der Waals surface area contributed by atoms with E-state index in [4.69, 9.17) is 0 Å². The summed E-state index contributed by atoms with van der Waals surface area (Å²) in [5.74, 6) is 0.425. The normalized spacial score (nSPS) is 12.0. The minimum absolute atomic E-state index is 0.0363. The highest BCUT2D eigenvalue weighted by Gasteiger charge is 2.19. The van der Waals surface area contributed by atoms with E-state index < -0.39 is 0 Å². The molecule has 134 valence electrons. The van der Waals surface area contributed by atoms with Crippen molar-refractivity contribution in [3.05, 3.63) is 95.7 Å². The number of aromatic nitrogens is 3. The minimum Gasteiger partial charge on any atom is -0.361 e. The molecule has 2 heterocycles. The fourth-order valence-electron chi connectivity index (χ4n) is 3.34. The maximum absolute atomic E-state index is 12.6. The summed E-state index contributed by atoms with van der Waals surface area (Å²) < 4.78 is 0. The number of fused-ring (bicyclic) bond motifs is 1. The van der Waals surface area contributed by atoms with Crippen LogP contribution in [0.2, 0.25) is 0 Å². The summed E-state index contributed by atoms with van der Waals surface area (Å²) in [6.45, 7) is 2.25. The Morgan fingerprint density at radius 3 is 2.67 bits per heavy atom. The number of amides is 1. The predicted octanol–water partition coefficient (Wildman–Crippen LogP) is 3.83. The van der Waals surface area contributed by atoms with Crippen LogP contribution in [-0.4, -0.2) is 27.4 Å². The topological polar surface area (TPSA) is 70.7 Å². The predicted molar refractivity (Wildman–Crippen MR) is 106 cm³/mol. The fourth-order valence-corrected chi connectivity index (χ4v) is 3.34. The molecule has 2 N–H and O–H groups in total. The van der Waals surface area contributed by atoms with Crippen molar-refractivity contribution in [2.45, 2.75) is 12.8 Å². The van der Waals surface area contributed by atoms with Gasteiger partial charge in [-0.2, -0.15) is 0 Å². The maximum Gasteiger partial charge on any atom is 0.270 e. The maximum atomic E-state index is 12.6. The molecule has 2 aromatic heterocycles. The van der Waals surface area contributed by atoms with E-state index in [1.165, 1.54) is 5.39 Å². The third-order valence-corrected chi connectivity index (χ3v) is 4.67. The molecule has 2 aromatic carbocycles. The highest BCUT2D eigenvalue weighted by molar-refractivity contribution is 5.92. The van der Waals surface area contributed by atoms with E-state index in [1.807, 2.05) is 36.5 Å². The average Bonchev–Trinajstić information content (AvgIpc) is 3.13. The molecule has 0 saturated heterocycles. The number of para-hydroxylation sites is 1. The number of carbonyl (C=O) groups excluding carboxylic acids is 1. The molecule has 0 saturated carbocycles. The molecule has 1 amide bonds. The molecule has 0 radical (unpaired) electrons. The number of H-pyrrole nitrogens is 1. The first-order valence-electron chi connectivity index (χ1n) is 8.91. The van der Waals surface area contributed by atoms with Crippen molar-refractivity contribution in [3.63, 3.8) is 0 Å². The summed E-state index contributed by atoms with van der Waals surface area (Å²) in [5, 5.41) is 4.20. The highest BCUT2D eigenvalue weighted by atomic mass is 16.1. The van der Waals surface area contributed by atoms with Crippen molar-refractivity contribution in [2.75, 3.05) is 6.54 Å². The van der Waals surface area contributed by atoms with Gasteiger partial charge in [0.25, 0.3) is 5.91 Å². The van der Waals surface area contributed by atoms with Crippen LogP contribution in [0.3, 0.4) is 0 Å². The van der Waals surface area contributed by atoms with Gasteiger partial charge in [-0.3, -0.25) is 4.79 Å². The summed E-state index contributed by atoms with van der Waals surface area (Å²) in [6, 6.07) is 20.1. The van der Waals surface area contributed by atoms with Crippen molar-refractivity contribution in [1.82, 2.24) is 20.3 Å². The third-order valence-electron chi connectivity index (χ3n) is 4.67. The van der Waals surface area contributed by atoms with Crippen molar-refractivity contribution in [2.24, 2.45) is 0 Å². The van der Waals surface area contributed by atoms with Crippen molar-refractivity contribution in [1.29, 1.82) is 0 Å². The van der Waals surface area contributed by atoms with Gasteiger partial charge in [-0.25, -0.2) is 9.97 Å². The van der Waals surface area contributed by atoms with E-state index in [0.29, 0.717) is 18.1 Å². The smallest absolute Gasteiger partial charge is 0.270 e. The largest absolute Gasteiger partial charge is 0.361 e. The van der Waals surface area contributed by atoms with Gasteiger partial charge in [0.05, 0.1) is 0 Å². The number of benzene rings is 2. The van der Waals surface area contributed by atoms with E-state index in [0.717, 1.165) is 16.6 Å². The summed E-state index contributed by atoms with van der Waals surface area (Å²) in [5.41, 5.74) is 3.79. The summed E-state index contributed by atoms with van der Waals surface area (Å²) in [7, 11) is 0. The van der Waals surface area contributed by atoms with Crippen LogP contribution < -0.4 is 5.32 Å². The first-order chi connectivity index (χ1) is 13.2. The molecule has 0 fully saturated rings. The van der Waals surface area contributed by atoms with Crippen LogP contribution in [0.1, 0.15) is 33.4 Å². The van der Waals surface area contributed by atoms with Crippen molar-refractivity contribution < 1.29 is 4.79 Å². The molecule has 0 aliphatic heterocycles. The van der Waals surface area contributed by atoms with E-state index in [1.54, 1.807) is 19.2 Å². The van der Waals surface area contributed by atoms with Crippen molar-refractivity contribution in [3.8, 4) is 0 Å². The second kappa shape index (κ2) is 7.41. The lowest BCUT2D eigenvalue weighted by Crippen LogP contribution is -2.29. The molecule has 1 atom stereocenters. The van der Waals surface area contributed by atoms with Crippen LogP contribution in [0.4, 0.5) is 0 Å². The van der Waals surface area contributed by atoms with Gasteiger partial charge < -0.3 is 10.3 Å². The van der Waals surface area contributed by atoms with Crippen LogP contribution >= 0.6 is 0 Å². The Morgan fingerprint density at radius 2 is 1.85 bits per heavy atom. The zero-order valence-corrected chi connectivity index (χ0v) is 15.0. The van der Waals surface area contributed by atoms with Gasteiger partial charge in [0.2, 0.25) is 0 Å². The Labute approximate surface area is 157 Å². The molecule has 0 aliphatic rings. The number of hydrogen-bond acceptors (Lipinski definition) is 3. The summed E-state index contributed by atoms with van der Waals surface area (Å²) >= 11 is 0. The molecule has 0 unspecified atom stereocenters. The number of nitrogens with one attached hydrogen (secondary N) is 2. The standard InChI is InChI=1S/C22H20N4O/c1-15-23-12-11-21(26-15)22(27)25-13-18(16-7-3-2-4-8-16)19-14-24-20-10-6-5-9-17(19)20/h2-12,14,18,24H,13H2,1H3,(H,25,27)/t18-/m1/s1. The average molecular weight is 356 g/mol. The van der Waals surface area contributed by atoms with E-state index >= 15 is 0 Å². The highest BCUT2D eigenvalue weighted by Crippen LogP contribution is 2.30. The minimum atomic E-state index is -0.193. The van der Waals surface area contributed by atoms with Crippen LogP contribution in [0.5, 0.6) is 0 Å². The van der Waals surface area contributed by atoms with Gasteiger partial charge in [-0.1, -0.05) is 48.5 Å². The van der Waals surface area contributed by atoms with E-state index in [9.17, 15) is 4.79 Å². The third kappa shape index (κ3) is 3.58. The molecule has 0 bridgehead atoms. The van der Waals surface area contributed by atoms with Crippen LogP contribution in [0.15, 0.2) is 73.1 Å². The van der Waals surface area contributed by atoms with E-state index in [-0.39, 0.29) is 11.8 Å². The lowest BCUT2D eigenvalue weighted by Gasteiger charge is -2.18. The SMILES string of the molecule is Cc1nccc(C(=O)NC[C@H](c2ccccc2)c2c[nH]c3ccccc23)n1. The van der Waals surface area contributed by atoms with E-state index in [2.05, 4.69) is 44.5 Å². The van der Waals surface area contributed by atoms with Crippen LogP contribution in [0, 0.1) is 6.92 Å². The molecular formula is C22H20N4O. The molecular weight excluding hydrogens is 336 g/mol. The monoisotopic (exact) mass is 356 g/mol. The lowest BCUT2D eigenvalue weighted by molar-refractivity contribution is 0.0947. The molecule has 0 aliphatic carbocycles. The van der Waals surface area contributed by atoms with Gasteiger partial charge in [-0.15, -0.1) is 0 Å². The number of nitrogens with zero attached hydrogens (tertiary/aromatic N) is 2. The van der Waals surface area contributed by atoms with Crippen LogP contribution in [-0.2, 0) is 0 Å². The van der Waals surface area contributed by atoms with Gasteiger partial charge in [0.1, 0.15) is 11.5 Å². The Kier molecular flexibility index (Phi) is 4.66. The molecule has 4 aromatic rings. The first-order valence-corrected chi connectivity index (χ1v) is 8.91. The van der Waals surface area contributed by atoms with Crippen molar-refractivity contribution >= 4 is 16.8 Å². The fraction of sp³-hybridized carbons (Fsp3) is 0.136. The Bertz CT molecular complexity index is 1070. The van der Waals surface area contributed by atoms with Gasteiger partial charge >= 0.3 is 0 Å². The number of rotatable bonds is 5. The number of aromatic amines is 1. The molecule has 0 spiro atoms.